The summed E-state index contributed by atoms with van der Waals surface area (Å²) >= 11 is 0. The lowest BCUT2D eigenvalue weighted by molar-refractivity contribution is -0.131. The minimum absolute atomic E-state index is 0.0607. The Bertz CT molecular complexity index is 320. The molecule has 1 saturated heterocycles. The summed E-state index contributed by atoms with van der Waals surface area (Å²) in [5.41, 5.74) is 0. The molecule has 1 amide bonds. The standard InChI is InChI=1S/C9H18N2O3S/c1-8(15(2,13)14)7-9(12)11-5-3-10-4-6-11/h8,10H,3-7H2,1-2H3. The number of carbonyl (C=O) groups excluding carboxylic acids is 1. The van der Waals surface area contributed by atoms with Crippen LogP contribution in [0.2, 0.25) is 0 Å². The van der Waals surface area contributed by atoms with Gasteiger partial charge in [-0.05, 0) is 6.92 Å². The van der Waals surface area contributed by atoms with Gasteiger partial charge in [0, 0.05) is 38.9 Å². The second kappa shape index (κ2) is 4.94. The van der Waals surface area contributed by atoms with E-state index < -0.39 is 15.1 Å². The van der Waals surface area contributed by atoms with E-state index in [-0.39, 0.29) is 12.3 Å². The molecule has 0 radical (unpaired) electrons. The summed E-state index contributed by atoms with van der Waals surface area (Å²) in [6, 6.07) is 0. The van der Waals surface area contributed by atoms with E-state index in [1.165, 1.54) is 6.26 Å². The van der Waals surface area contributed by atoms with Crippen LogP contribution in [0.15, 0.2) is 0 Å². The first-order valence-electron chi connectivity index (χ1n) is 5.08. The number of piperazine rings is 1. The Kier molecular flexibility index (Phi) is 4.10. The molecule has 1 fully saturated rings. The van der Waals surface area contributed by atoms with Gasteiger partial charge in [-0.2, -0.15) is 0 Å². The number of carbonyl (C=O) groups is 1. The van der Waals surface area contributed by atoms with E-state index in [4.69, 9.17) is 0 Å². The van der Waals surface area contributed by atoms with Crippen molar-refractivity contribution in [1.82, 2.24) is 10.2 Å². The van der Waals surface area contributed by atoms with E-state index in [0.29, 0.717) is 13.1 Å². The van der Waals surface area contributed by atoms with Crippen LogP contribution >= 0.6 is 0 Å². The van der Waals surface area contributed by atoms with Gasteiger partial charge < -0.3 is 10.2 Å². The summed E-state index contributed by atoms with van der Waals surface area (Å²) in [6.45, 7) is 4.51. The van der Waals surface area contributed by atoms with Crippen LogP contribution in [0.3, 0.4) is 0 Å². The molecule has 6 heteroatoms. The predicted molar refractivity (Wildman–Crippen MR) is 58.4 cm³/mol. The molecule has 0 aromatic rings. The maximum Gasteiger partial charge on any atom is 0.223 e. The summed E-state index contributed by atoms with van der Waals surface area (Å²) in [6.07, 6.45) is 1.27. The first-order chi connectivity index (χ1) is 6.91. The fourth-order valence-corrected chi connectivity index (χ4v) is 1.89. The summed E-state index contributed by atoms with van der Waals surface area (Å²) in [7, 11) is -3.10. The van der Waals surface area contributed by atoms with Gasteiger partial charge in [-0.15, -0.1) is 0 Å². The van der Waals surface area contributed by atoms with E-state index >= 15 is 0 Å². The molecule has 88 valence electrons. The Hall–Kier alpha value is -0.620. The highest BCUT2D eigenvalue weighted by molar-refractivity contribution is 7.91. The van der Waals surface area contributed by atoms with Gasteiger partial charge in [-0.3, -0.25) is 4.79 Å². The number of nitrogens with zero attached hydrogens (tertiary/aromatic N) is 1. The quantitative estimate of drug-likeness (QED) is 0.697. The van der Waals surface area contributed by atoms with Crippen LogP contribution in [0.5, 0.6) is 0 Å². The number of rotatable bonds is 3. The first-order valence-corrected chi connectivity index (χ1v) is 7.04. The Morgan fingerprint density at radius 1 is 1.40 bits per heavy atom. The Morgan fingerprint density at radius 2 is 1.93 bits per heavy atom. The van der Waals surface area contributed by atoms with Crippen molar-refractivity contribution in [3.63, 3.8) is 0 Å². The van der Waals surface area contributed by atoms with E-state index in [0.717, 1.165) is 13.1 Å². The van der Waals surface area contributed by atoms with Gasteiger partial charge in [0.1, 0.15) is 0 Å². The molecule has 1 aliphatic rings. The molecule has 1 rings (SSSR count). The number of nitrogens with one attached hydrogen (secondary N) is 1. The predicted octanol–water partition coefficient (Wildman–Crippen LogP) is -0.759. The lowest BCUT2D eigenvalue weighted by Gasteiger charge is -2.28. The fraction of sp³-hybridized carbons (Fsp3) is 0.889. The van der Waals surface area contributed by atoms with Crippen LogP contribution in [-0.2, 0) is 14.6 Å². The molecular formula is C9H18N2O3S. The van der Waals surface area contributed by atoms with E-state index in [2.05, 4.69) is 5.32 Å². The van der Waals surface area contributed by atoms with Gasteiger partial charge in [0.25, 0.3) is 0 Å². The van der Waals surface area contributed by atoms with E-state index in [9.17, 15) is 13.2 Å². The van der Waals surface area contributed by atoms with Crippen molar-refractivity contribution >= 4 is 15.7 Å². The molecule has 15 heavy (non-hydrogen) atoms. The minimum atomic E-state index is -3.10. The lowest BCUT2D eigenvalue weighted by atomic mass is 10.2. The SMILES string of the molecule is CC(CC(=O)N1CCNCC1)S(C)(=O)=O. The summed E-state index contributed by atoms with van der Waals surface area (Å²) < 4.78 is 22.3. The average Bonchev–Trinajstić information content (AvgIpc) is 2.17. The zero-order valence-corrected chi connectivity index (χ0v) is 10.0. The maximum absolute atomic E-state index is 11.7. The molecule has 1 atom stereocenters. The fourth-order valence-electron chi connectivity index (χ4n) is 1.44. The largest absolute Gasteiger partial charge is 0.340 e. The van der Waals surface area contributed by atoms with Crippen molar-refractivity contribution in [1.29, 1.82) is 0 Å². The zero-order chi connectivity index (χ0) is 11.5. The van der Waals surface area contributed by atoms with Crippen LogP contribution in [0.25, 0.3) is 0 Å². The molecule has 0 spiro atoms. The molecule has 0 aromatic heterocycles. The lowest BCUT2D eigenvalue weighted by Crippen LogP contribution is -2.47. The highest BCUT2D eigenvalue weighted by Crippen LogP contribution is 2.07. The van der Waals surface area contributed by atoms with Crippen molar-refractivity contribution in [3.8, 4) is 0 Å². The molecule has 1 aliphatic heterocycles. The molecular weight excluding hydrogens is 216 g/mol. The molecule has 1 N–H and O–H groups in total. The second-order valence-electron chi connectivity index (χ2n) is 3.98. The van der Waals surface area contributed by atoms with Gasteiger partial charge in [-0.25, -0.2) is 8.42 Å². The van der Waals surface area contributed by atoms with Gasteiger partial charge in [0.15, 0.2) is 9.84 Å². The monoisotopic (exact) mass is 234 g/mol. The van der Waals surface area contributed by atoms with Crippen molar-refractivity contribution in [2.24, 2.45) is 0 Å². The summed E-state index contributed by atoms with van der Waals surface area (Å²) in [4.78, 5) is 13.4. The van der Waals surface area contributed by atoms with Gasteiger partial charge in [-0.1, -0.05) is 0 Å². The van der Waals surface area contributed by atoms with Crippen LogP contribution in [0.4, 0.5) is 0 Å². The first kappa shape index (κ1) is 12.4. The van der Waals surface area contributed by atoms with Crippen molar-refractivity contribution in [3.05, 3.63) is 0 Å². The van der Waals surface area contributed by atoms with Crippen molar-refractivity contribution < 1.29 is 13.2 Å². The van der Waals surface area contributed by atoms with Crippen LogP contribution in [-0.4, -0.2) is 56.9 Å². The number of hydrogen-bond acceptors (Lipinski definition) is 4. The van der Waals surface area contributed by atoms with E-state index in [1.54, 1.807) is 11.8 Å². The normalized spacial score (nSPS) is 20.0. The minimum Gasteiger partial charge on any atom is -0.340 e. The smallest absolute Gasteiger partial charge is 0.223 e. The topological polar surface area (TPSA) is 66.5 Å². The van der Waals surface area contributed by atoms with Crippen molar-refractivity contribution in [2.45, 2.75) is 18.6 Å². The molecule has 0 aromatic carbocycles. The highest BCUT2D eigenvalue weighted by Gasteiger charge is 2.23. The summed E-state index contributed by atoms with van der Waals surface area (Å²) in [5.74, 6) is -0.0607. The second-order valence-corrected chi connectivity index (χ2v) is 6.44. The zero-order valence-electron chi connectivity index (χ0n) is 9.19. The average molecular weight is 234 g/mol. The number of amides is 1. The molecule has 5 nitrogen and oxygen atoms in total. The van der Waals surface area contributed by atoms with Crippen LogP contribution < -0.4 is 5.32 Å². The Morgan fingerprint density at radius 3 is 2.40 bits per heavy atom. The van der Waals surface area contributed by atoms with Crippen LogP contribution in [0.1, 0.15) is 13.3 Å². The number of hydrogen-bond donors (Lipinski definition) is 1. The third-order valence-electron chi connectivity index (χ3n) is 2.66. The van der Waals surface area contributed by atoms with Gasteiger partial charge in [0.2, 0.25) is 5.91 Å². The summed E-state index contributed by atoms with van der Waals surface area (Å²) in [5, 5.41) is 2.56. The Labute approximate surface area is 90.7 Å². The number of sulfone groups is 1. The van der Waals surface area contributed by atoms with Gasteiger partial charge >= 0.3 is 0 Å². The third kappa shape index (κ3) is 3.79. The Balaban J connectivity index is 2.47. The highest BCUT2D eigenvalue weighted by atomic mass is 32.2. The molecule has 1 unspecified atom stereocenters. The van der Waals surface area contributed by atoms with E-state index in [1.807, 2.05) is 0 Å². The molecule has 0 saturated carbocycles. The maximum atomic E-state index is 11.7. The van der Waals surface area contributed by atoms with Crippen LogP contribution in [0, 0.1) is 0 Å². The molecule has 1 heterocycles. The van der Waals surface area contributed by atoms with Crippen molar-refractivity contribution in [2.75, 3.05) is 32.4 Å². The third-order valence-corrected chi connectivity index (χ3v) is 4.29. The van der Waals surface area contributed by atoms with Gasteiger partial charge in [0.05, 0.1) is 5.25 Å². The molecule has 0 aliphatic carbocycles. The molecule has 0 bridgehead atoms.